The van der Waals surface area contributed by atoms with Crippen LogP contribution in [-0.4, -0.2) is 12.1 Å². The lowest BCUT2D eigenvalue weighted by molar-refractivity contribution is 0.398. The van der Waals surface area contributed by atoms with E-state index in [4.69, 9.17) is 10.3 Å². The van der Waals surface area contributed by atoms with Gasteiger partial charge < -0.3 is 4.74 Å². The number of nitrogens with zero attached hydrogens (tertiary/aromatic N) is 4. The van der Waals surface area contributed by atoms with Crippen molar-refractivity contribution in [3.05, 3.63) is 28.8 Å². The molecule has 0 aliphatic carbocycles. The molecule has 11 heavy (non-hydrogen) atoms. The van der Waals surface area contributed by atoms with E-state index >= 15 is 0 Å². The molecule has 0 bridgehead atoms. The fourth-order valence-corrected chi connectivity index (χ4v) is 0.604. The molecule has 0 N–H and O–H groups in total. The number of hydrogen-bond donors (Lipinski definition) is 0. The first-order valence-electron chi connectivity index (χ1n) is 2.92. The molecule has 0 aliphatic rings. The number of pyridine rings is 1. The summed E-state index contributed by atoms with van der Waals surface area (Å²) in [7, 11) is 1.52. The highest BCUT2D eigenvalue weighted by molar-refractivity contribution is 5.35. The standard InChI is InChI=1S/C6H6N4O/c1-11-6-3-2-5(4-8-6)9-10-7/h2-4H,1H3. The van der Waals surface area contributed by atoms with Gasteiger partial charge in [0.1, 0.15) is 0 Å². The molecule has 0 radical (unpaired) electrons. The quantitative estimate of drug-likeness (QED) is 0.367. The molecule has 56 valence electrons. The highest BCUT2D eigenvalue weighted by atomic mass is 16.5. The molecule has 1 aromatic heterocycles. The minimum absolute atomic E-state index is 0.480. The van der Waals surface area contributed by atoms with E-state index in [1.807, 2.05) is 0 Å². The normalized spacial score (nSPS) is 8.45. The number of rotatable bonds is 2. The van der Waals surface area contributed by atoms with Gasteiger partial charge in [0.25, 0.3) is 0 Å². The summed E-state index contributed by atoms with van der Waals surface area (Å²) in [6, 6.07) is 3.26. The third-order valence-corrected chi connectivity index (χ3v) is 1.09. The van der Waals surface area contributed by atoms with E-state index in [9.17, 15) is 0 Å². The van der Waals surface area contributed by atoms with Crippen LogP contribution in [0.1, 0.15) is 0 Å². The van der Waals surface area contributed by atoms with E-state index in [1.54, 1.807) is 12.1 Å². The molecule has 0 amide bonds. The molecule has 0 fully saturated rings. The number of azide groups is 1. The molecular formula is C6H6N4O. The number of aromatic nitrogens is 1. The first kappa shape index (κ1) is 7.37. The van der Waals surface area contributed by atoms with Crippen LogP contribution in [0.4, 0.5) is 5.69 Å². The summed E-state index contributed by atoms with van der Waals surface area (Å²) >= 11 is 0. The minimum atomic E-state index is 0.480. The smallest absolute Gasteiger partial charge is 0.212 e. The van der Waals surface area contributed by atoms with Gasteiger partial charge in [0.05, 0.1) is 12.8 Å². The lowest BCUT2D eigenvalue weighted by atomic mass is 10.4. The van der Waals surface area contributed by atoms with Crippen molar-refractivity contribution < 1.29 is 4.74 Å². The summed E-state index contributed by atoms with van der Waals surface area (Å²) in [6.45, 7) is 0. The number of methoxy groups -OCH3 is 1. The predicted octanol–water partition coefficient (Wildman–Crippen LogP) is 2.03. The molecule has 0 spiro atoms. The second-order valence-corrected chi connectivity index (χ2v) is 1.75. The zero-order chi connectivity index (χ0) is 8.10. The molecule has 0 aromatic carbocycles. The van der Waals surface area contributed by atoms with Crippen molar-refractivity contribution in [3.63, 3.8) is 0 Å². The zero-order valence-electron chi connectivity index (χ0n) is 5.93. The average Bonchev–Trinajstić information content (AvgIpc) is 2.07. The monoisotopic (exact) mass is 150 g/mol. The zero-order valence-corrected chi connectivity index (χ0v) is 5.93. The van der Waals surface area contributed by atoms with Crippen LogP contribution in [0.3, 0.4) is 0 Å². The number of hydrogen-bond acceptors (Lipinski definition) is 3. The molecular weight excluding hydrogens is 144 g/mol. The lowest BCUT2D eigenvalue weighted by Crippen LogP contribution is -1.84. The van der Waals surface area contributed by atoms with E-state index < -0.39 is 0 Å². The minimum Gasteiger partial charge on any atom is -0.481 e. The topological polar surface area (TPSA) is 70.9 Å². The Hall–Kier alpha value is -1.74. The van der Waals surface area contributed by atoms with Gasteiger partial charge >= 0.3 is 0 Å². The maximum atomic E-state index is 8.05. The van der Waals surface area contributed by atoms with Crippen LogP contribution in [0.15, 0.2) is 23.4 Å². The highest BCUT2D eigenvalue weighted by Crippen LogP contribution is 2.13. The maximum absolute atomic E-state index is 8.05. The molecule has 5 heteroatoms. The van der Waals surface area contributed by atoms with E-state index in [2.05, 4.69) is 15.0 Å². The van der Waals surface area contributed by atoms with Gasteiger partial charge in [-0.25, -0.2) is 4.98 Å². The molecule has 1 heterocycles. The van der Waals surface area contributed by atoms with Crippen molar-refractivity contribution in [3.8, 4) is 5.88 Å². The van der Waals surface area contributed by atoms with Crippen LogP contribution in [0.2, 0.25) is 0 Å². The van der Waals surface area contributed by atoms with Crippen LogP contribution in [0, 0.1) is 0 Å². The molecule has 0 saturated carbocycles. The van der Waals surface area contributed by atoms with Crippen molar-refractivity contribution in [2.45, 2.75) is 0 Å². The Bertz CT molecular complexity index is 275. The van der Waals surface area contributed by atoms with Crippen molar-refractivity contribution in [1.29, 1.82) is 0 Å². The Labute approximate surface area is 63.3 Å². The molecule has 0 aliphatic heterocycles. The first-order chi connectivity index (χ1) is 5.36. The Morgan fingerprint density at radius 1 is 1.64 bits per heavy atom. The van der Waals surface area contributed by atoms with Gasteiger partial charge in [0.2, 0.25) is 5.88 Å². The number of ether oxygens (including phenoxy) is 1. The summed E-state index contributed by atoms with van der Waals surface area (Å²) in [5.74, 6) is 0.502. The lowest BCUT2D eigenvalue weighted by Gasteiger charge is -1.95. The van der Waals surface area contributed by atoms with Gasteiger partial charge in [0, 0.05) is 17.2 Å². The van der Waals surface area contributed by atoms with Crippen molar-refractivity contribution in [2.24, 2.45) is 5.11 Å². The van der Waals surface area contributed by atoms with Gasteiger partial charge in [-0.05, 0) is 11.6 Å². The predicted molar refractivity (Wildman–Crippen MR) is 39.6 cm³/mol. The summed E-state index contributed by atoms with van der Waals surface area (Å²) in [6.07, 6.45) is 1.44. The second kappa shape index (κ2) is 3.43. The fourth-order valence-electron chi connectivity index (χ4n) is 0.604. The van der Waals surface area contributed by atoms with Crippen LogP contribution in [-0.2, 0) is 0 Å². The van der Waals surface area contributed by atoms with E-state index in [0.717, 1.165) is 0 Å². The highest BCUT2D eigenvalue weighted by Gasteiger charge is 1.90. The van der Waals surface area contributed by atoms with Crippen molar-refractivity contribution in [2.75, 3.05) is 7.11 Å². The van der Waals surface area contributed by atoms with Crippen molar-refractivity contribution in [1.82, 2.24) is 4.98 Å². The Morgan fingerprint density at radius 3 is 2.91 bits per heavy atom. The third kappa shape index (κ3) is 1.84. The van der Waals surface area contributed by atoms with Gasteiger partial charge in [-0.15, -0.1) is 0 Å². The maximum Gasteiger partial charge on any atom is 0.212 e. The van der Waals surface area contributed by atoms with E-state index in [-0.39, 0.29) is 0 Å². The summed E-state index contributed by atoms with van der Waals surface area (Å²) in [5.41, 5.74) is 8.53. The molecule has 0 unspecified atom stereocenters. The summed E-state index contributed by atoms with van der Waals surface area (Å²) < 4.78 is 4.80. The summed E-state index contributed by atoms with van der Waals surface area (Å²) in [4.78, 5) is 6.43. The molecule has 1 rings (SSSR count). The summed E-state index contributed by atoms with van der Waals surface area (Å²) in [5, 5.41) is 3.34. The van der Waals surface area contributed by atoms with Gasteiger partial charge in [-0.1, -0.05) is 5.11 Å². The van der Waals surface area contributed by atoms with Crippen LogP contribution in [0.25, 0.3) is 10.4 Å². The van der Waals surface area contributed by atoms with Crippen LogP contribution >= 0.6 is 0 Å². The largest absolute Gasteiger partial charge is 0.481 e. The Kier molecular flexibility index (Phi) is 2.30. The van der Waals surface area contributed by atoms with E-state index in [0.29, 0.717) is 11.6 Å². The SMILES string of the molecule is COc1ccc(N=[N+]=[N-])cn1. The molecule has 0 saturated heterocycles. The van der Waals surface area contributed by atoms with Gasteiger partial charge in [-0.2, -0.15) is 0 Å². The van der Waals surface area contributed by atoms with E-state index in [1.165, 1.54) is 13.3 Å². The van der Waals surface area contributed by atoms with Gasteiger partial charge in [0.15, 0.2) is 0 Å². The van der Waals surface area contributed by atoms with Crippen molar-refractivity contribution >= 4 is 5.69 Å². The second-order valence-electron chi connectivity index (χ2n) is 1.75. The first-order valence-corrected chi connectivity index (χ1v) is 2.92. The van der Waals surface area contributed by atoms with Crippen LogP contribution in [0.5, 0.6) is 5.88 Å². The average molecular weight is 150 g/mol. The Balaban J connectivity index is 2.91. The van der Waals surface area contributed by atoms with Gasteiger partial charge in [-0.3, -0.25) is 0 Å². The molecule has 5 nitrogen and oxygen atoms in total. The fraction of sp³-hybridized carbons (Fsp3) is 0.167. The molecule has 0 atom stereocenters. The molecule has 1 aromatic rings. The van der Waals surface area contributed by atoms with Crippen LogP contribution < -0.4 is 4.74 Å². The Morgan fingerprint density at radius 2 is 2.45 bits per heavy atom. The third-order valence-electron chi connectivity index (χ3n) is 1.09.